The van der Waals surface area contributed by atoms with Crippen molar-refractivity contribution >= 4 is 11.5 Å². The minimum atomic E-state index is 0.0988. The van der Waals surface area contributed by atoms with Gasteiger partial charge in [0, 0.05) is 30.8 Å². The maximum atomic E-state index is 11.9. The standard InChI is InChI=1S/C21H28N2O2/c22-13-12-21(24)19-10-7-11-20(16-19)23-14-5-2-6-15-25-17-18-8-3-1-4-9-18/h1,3-4,7-11,16,23H,2,5-6,12-15,17,22H2. The van der Waals surface area contributed by atoms with Gasteiger partial charge in [-0.2, -0.15) is 0 Å². The van der Waals surface area contributed by atoms with Crippen molar-refractivity contribution in [2.24, 2.45) is 5.73 Å². The van der Waals surface area contributed by atoms with Crippen molar-refractivity contribution in [2.45, 2.75) is 32.3 Å². The number of ketones is 1. The number of anilines is 1. The van der Waals surface area contributed by atoms with Crippen LogP contribution in [0.25, 0.3) is 0 Å². The number of unbranched alkanes of at least 4 members (excludes halogenated alkanes) is 2. The van der Waals surface area contributed by atoms with Gasteiger partial charge in [-0.3, -0.25) is 4.79 Å². The summed E-state index contributed by atoms with van der Waals surface area (Å²) >= 11 is 0. The van der Waals surface area contributed by atoms with Crippen LogP contribution in [-0.4, -0.2) is 25.5 Å². The highest BCUT2D eigenvalue weighted by molar-refractivity contribution is 5.97. The number of ether oxygens (including phenoxy) is 1. The van der Waals surface area contributed by atoms with E-state index in [1.807, 2.05) is 42.5 Å². The van der Waals surface area contributed by atoms with Gasteiger partial charge in [0.15, 0.2) is 5.78 Å². The molecule has 25 heavy (non-hydrogen) atoms. The molecule has 0 amide bonds. The molecule has 2 aromatic carbocycles. The van der Waals surface area contributed by atoms with Gasteiger partial charge < -0.3 is 15.8 Å². The maximum Gasteiger partial charge on any atom is 0.164 e. The van der Waals surface area contributed by atoms with Crippen molar-refractivity contribution < 1.29 is 9.53 Å². The number of hydrogen-bond donors (Lipinski definition) is 2. The van der Waals surface area contributed by atoms with E-state index in [0.717, 1.165) is 43.7 Å². The Morgan fingerprint density at radius 1 is 1.00 bits per heavy atom. The summed E-state index contributed by atoms with van der Waals surface area (Å²) in [4.78, 5) is 11.9. The summed E-state index contributed by atoms with van der Waals surface area (Å²) in [5.74, 6) is 0.0988. The molecular formula is C21H28N2O2. The van der Waals surface area contributed by atoms with Gasteiger partial charge >= 0.3 is 0 Å². The lowest BCUT2D eigenvalue weighted by Gasteiger charge is -2.08. The van der Waals surface area contributed by atoms with E-state index in [9.17, 15) is 4.79 Å². The molecule has 0 radical (unpaired) electrons. The molecule has 0 fully saturated rings. The van der Waals surface area contributed by atoms with Gasteiger partial charge in [0.25, 0.3) is 0 Å². The molecule has 0 aliphatic rings. The average molecular weight is 340 g/mol. The van der Waals surface area contributed by atoms with Crippen molar-refractivity contribution in [3.05, 3.63) is 65.7 Å². The summed E-state index contributed by atoms with van der Waals surface area (Å²) in [7, 11) is 0. The second-order valence-electron chi connectivity index (χ2n) is 6.07. The van der Waals surface area contributed by atoms with Crippen LogP contribution in [-0.2, 0) is 11.3 Å². The molecule has 0 heterocycles. The van der Waals surface area contributed by atoms with E-state index >= 15 is 0 Å². The maximum absolute atomic E-state index is 11.9. The number of nitrogens with one attached hydrogen (secondary N) is 1. The van der Waals surface area contributed by atoms with Crippen LogP contribution >= 0.6 is 0 Å². The van der Waals surface area contributed by atoms with Gasteiger partial charge in [-0.1, -0.05) is 42.5 Å². The fourth-order valence-corrected chi connectivity index (χ4v) is 2.58. The SMILES string of the molecule is NCCC(=O)c1cccc(NCCCCCOCc2ccccc2)c1. The minimum Gasteiger partial charge on any atom is -0.385 e. The highest BCUT2D eigenvalue weighted by Crippen LogP contribution is 2.12. The average Bonchev–Trinajstić information content (AvgIpc) is 2.65. The molecule has 2 aromatic rings. The van der Waals surface area contributed by atoms with Crippen molar-refractivity contribution in [2.75, 3.05) is 25.0 Å². The summed E-state index contributed by atoms with van der Waals surface area (Å²) in [5, 5.41) is 3.37. The van der Waals surface area contributed by atoms with E-state index in [1.54, 1.807) is 0 Å². The number of carbonyl (C=O) groups excluding carboxylic acids is 1. The third-order valence-corrected chi connectivity index (χ3v) is 3.96. The normalized spacial score (nSPS) is 10.6. The van der Waals surface area contributed by atoms with Gasteiger partial charge in [0.1, 0.15) is 0 Å². The van der Waals surface area contributed by atoms with E-state index in [1.165, 1.54) is 5.56 Å². The summed E-state index contributed by atoms with van der Waals surface area (Å²) < 4.78 is 5.68. The van der Waals surface area contributed by atoms with Crippen LogP contribution in [0.5, 0.6) is 0 Å². The molecule has 0 bridgehead atoms. The first kappa shape index (κ1) is 19.2. The fourth-order valence-electron chi connectivity index (χ4n) is 2.58. The lowest BCUT2D eigenvalue weighted by atomic mass is 10.1. The summed E-state index contributed by atoms with van der Waals surface area (Å²) in [6, 6.07) is 17.9. The molecule has 4 heteroatoms. The molecule has 0 saturated heterocycles. The Morgan fingerprint density at radius 2 is 1.84 bits per heavy atom. The Bertz CT molecular complexity index is 629. The Kier molecular flexibility index (Phi) is 8.73. The van der Waals surface area contributed by atoms with E-state index in [2.05, 4.69) is 17.4 Å². The second kappa shape index (κ2) is 11.4. The molecule has 0 aliphatic carbocycles. The van der Waals surface area contributed by atoms with Crippen LogP contribution in [0, 0.1) is 0 Å². The summed E-state index contributed by atoms with van der Waals surface area (Å²) in [6.45, 7) is 2.76. The number of Topliss-reactive ketones (excluding diaryl/α,β-unsaturated/α-hetero) is 1. The van der Waals surface area contributed by atoms with Crippen LogP contribution < -0.4 is 11.1 Å². The number of rotatable bonds is 12. The number of carbonyl (C=O) groups is 1. The molecule has 0 aromatic heterocycles. The van der Waals surface area contributed by atoms with Crippen molar-refractivity contribution in [1.29, 1.82) is 0 Å². The largest absolute Gasteiger partial charge is 0.385 e. The van der Waals surface area contributed by atoms with Gasteiger partial charge in [-0.05, 0) is 43.5 Å². The summed E-state index contributed by atoms with van der Waals surface area (Å²) in [6.07, 6.45) is 3.65. The Balaban J connectivity index is 1.55. The minimum absolute atomic E-state index is 0.0988. The van der Waals surface area contributed by atoms with Crippen molar-refractivity contribution in [1.82, 2.24) is 0 Å². The predicted molar refractivity (Wildman–Crippen MR) is 103 cm³/mol. The lowest BCUT2D eigenvalue weighted by Crippen LogP contribution is -2.09. The van der Waals surface area contributed by atoms with Crippen LogP contribution in [0.15, 0.2) is 54.6 Å². The van der Waals surface area contributed by atoms with Crippen LogP contribution in [0.2, 0.25) is 0 Å². The number of hydrogen-bond acceptors (Lipinski definition) is 4. The van der Waals surface area contributed by atoms with Crippen LogP contribution in [0.4, 0.5) is 5.69 Å². The third-order valence-electron chi connectivity index (χ3n) is 3.96. The topological polar surface area (TPSA) is 64.4 Å². The zero-order valence-electron chi connectivity index (χ0n) is 14.7. The van der Waals surface area contributed by atoms with Gasteiger partial charge in [0.05, 0.1) is 6.61 Å². The molecule has 0 unspecified atom stereocenters. The van der Waals surface area contributed by atoms with Gasteiger partial charge in [-0.15, -0.1) is 0 Å². The molecular weight excluding hydrogens is 312 g/mol. The molecule has 0 atom stereocenters. The van der Waals surface area contributed by atoms with Crippen molar-refractivity contribution in [3.8, 4) is 0 Å². The molecule has 4 nitrogen and oxygen atoms in total. The molecule has 0 saturated carbocycles. The molecule has 134 valence electrons. The summed E-state index contributed by atoms with van der Waals surface area (Å²) in [5.41, 5.74) is 8.37. The second-order valence-corrected chi connectivity index (χ2v) is 6.07. The van der Waals surface area contributed by atoms with Crippen molar-refractivity contribution in [3.63, 3.8) is 0 Å². The fraction of sp³-hybridized carbons (Fsp3) is 0.381. The van der Waals surface area contributed by atoms with Gasteiger partial charge in [-0.25, -0.2) is 0 Å². The monoisotopic (exact) mass is 340 g/mol. The third kappa shape index (κ3) is 7.50. The first-order valence-corrected chi connectivity index (χ1v) is 8.98. The molecule has 0 spiro atoms. The first-order chi connectivity index (χ1) is 12.3. The quantitative estimate of drug-likeness (QED) is 0.452. The van der Waals surface area contributed by atoms with E-state index < -0.39 is 0 Å². The first-order valence-electron chi connectivity index (χ1n) is 8.98. The van der Waals surface area contributed by atoms with E-state index in [4.69, 9.17) is 10.5 Å². The highest BCUT2D eigenvalue weighted by atomic mass is 16.5. The van der Waals surface area contributed by atoms with E-state index in [-0.39, 0.29) is 5.78 Å². The van der Waals surface area contributed by atoms with Crippen LogP contribution in [0.1, 0.15) is 41.6 Å². The zero-order valence-corrected chi connectivity index (χ0v) is 14.7. The predicted octanol–water partition coefficient (Wildman–Crippen LogP) is 4.02. The van der Waals surface area contributed by atoms with Gasteiger partial charge in [0.2, 0.25) is 0 Å². The molecule has 3 N–H and O–H groups in total. The molecule has 2 rings (SSSR count). The highest BCUT2D eigenvalue weighted by Gasteiger charge is 2.04. The zero-order chi connectivity index (χ0) is 17.7. The van der Waals surface area contributed by atoms with Crippen LogP contribution in [0.3, 0.4) is 0 Å². The smallest absolute Gasteiger partial charge is 0.164 e. The number of benzene rings is 2. The lowest BCUT2D eigenvalue weighted by molar-refractivity contribution is 0.0985. The Labute approximate surface area is 150 Å². The van der Waals surface area contributed by atoms with E-state index in [0.29, 0.717) is 19.6 Å². The number of nitrogens with two attached hydrogens (primary N) is 1. The molecule has 0 aliphatic heterocycles. The Morgan fingerprint density at radius 3 is 2.64 bits per heavy atom. The Hall–Kier alpha value is -2.17.